The molecule has 166 valence electrons. The molecule has 0 aliphatic carbocycles. The van der Waals surface area contributed by atoms with Gasteiger partial charge in [0.15, 0.2) is 0 Å². The Morgan fingerprint density at radius 2 is 1.58 bits per heavy atom. The molecule has 1 aromatic heterocycles. The predicted molar refractivity (Wildman–Crippen MR) is 121 cm³/mol. The summed E-state index contributed by atoms with van der Waals surface area (Å²) >= 11 is 0. The van der Waals surface area contributed by atoms with Gasteiger partial charge in [-0.2, -0.15) is 4.80 Å². The number of hydrogen-bond donors (Lipinski definition) is 2. The van der Waals surface area contributed by atoms with Gasteiger partial charge >= 0.3 is 0 Å². The molecule has 0 unspecified atom stereocenters. The molecular weight excluding hydrogens is 420 g/mol. The topological polar surface area (TPSA) is 111 Å². The molecule has 0 atom stereocenters. The first-order valence-corrected chi connectivity index (χ1v) is 10.2. The van der Waals surface area contributed by atoms with E-state index in [4.69, 9.17) is 4.74 Å². The molecule has 0 aliphatic rings. The second kappa shape index (κ2) is 9.73. The quantitative estimate of drug-likeness (QED) is 0.444. The van der Waals surface area contributed by atoms with Crippen LogP contribution in [0.3, 0.4) is 0 Å². The summed E-state index contributed by atoms with van der Waals surface area (Å²) in [5.41, 5.74) is 8.32. The highest BCUT2D eigenvalue weighted by Crippen LogP contribution is 2.18. The van der Waals surface area contributed by atoms with Crippen molar-refractivity contribution in [2.24, 2.45) is 0 Å². The summed E-state index contributed by atoms with van der Waals surface area (Å²) < 4.78 is 5.23. The summed E-state index contributed by atoms with van der Waals surface area (Å²) in [6.45, 7) is 2.29. The van der Waals surface area contributed by atoms with Crippen molar-refractivity contribution >= 4 is 11.8 Å². The standard InChI is InChI=1S/C24H22N6O3/c1-16-8-11-20(14-21(16)33-2)24(32)27-26-23(31)19-12-9-17(10-13-19)15-30-28-22(25-29-30)18-6-4-3-5-7-18/h3-14H,15H2,1-2H3,(H,26,31)(H,27,32). The van der Waals surface area contributed by atoms with Crippen LogP contribution >= 0.6 is 0 Å². The van der Waals surface area contributed by atoms with Gasteiger partial charge in [-0.25, -0.2) is 0 Å². The highest BCUT2D eigenvalue weighted by atomic mass is 16.5. The molecule has 0 fully saturated rings. The third-order valence-corrected chi connectivity index (χ3v) is 4.98. The van der Waals surface area contributed by atoms with Crippen molar-refractivity contribution in [1.82, 2.24) is 31.1 Å². The zero-order chi connectivity index (χ0) is 23.2. The van der Waals surface area contributed by atoms with Crippen molar-refractivity contribution < 1.29 is 14.3 Å². The Morgan fingerprint density at radius 3 is 2.27 bits per heavy atom. The minimum absolute atomic E-state index is 0.378. The lowest BCUT2D eigenvalue weighted by atomic mass is 10.1. The normalized spacial score (nSPS) is 10.5. The summed E-state index contributed by atoms with van der Waals surface area (Å²) in [4.78, 5) is 26.2. The van der Waals surface area contributed by atoms with E-state index < -0.39 is 11.8 Å². The van der Waals surface area contributed by atoms with Gasteiger partial charge in [0.1, 0.15) is 5.75 Å². The van der Waals surface area contributed by atoms with Crippen LogP contribution in [0.4, 0.5) is 0 Å². The second-order valence-electron chi connectivity index (χ2n) is 7.30. The van der Waals surface area contributed by atoms with Crippen molar-refractivity contribution in [3.63, 3.8) is 0 Å². The van der Waals surface area contributed by atoms with Crippen molar-refractivity contribution in [1.29, 1.82) is 0 Å². The molecule has 0 saturated heterocycles. The molecule has 0 bridgehead atoms. The summed E-state index contributed by atoms with van der Waals surface area (Å²) in [7, 11) is 1.54. The minimum atomic E-state index is -0.440. The zero-order valence-electron chi connectivity index (χ0n) is 18.1. The number of hydrogen-bond acceptors (Lipinski definition) is 6. The van der Waals surface area contributed by atoms with Gasteiger partial charge in [0.25, 0.3) is 11.8 Å². The third-order valence-electron chi connectivity index (χ3n) is 4.98. The number of aryl methyl sites for hydroxylation is 1. The van der Waals surface area contributed by atoms with E-state index in [-0.39, 0.29) is 0 Å². The lowest BCUT2D eigenvalue weighted by Gasteiger charge is -2.10. The van der Waals surface area contributed by atoms with Gasteiger partial charge in [0.05, 0.1) is 13.7 Å². The van der Waals surface area contributed by atoms with Gasteiger partial charge in [0, 0.05) is 16.7 Å². The van der Waals surface area contributed by atoms with Crippen LogP contribution in [0.1, 0.15) is 31.8 Å². The molecule has 1 heterocycles. The van der Waals surface area contributed by atoms with Gasteiger partial charge in [-0.3, -0.25) is 20.4 Å². The average molecular weight is 442 g/mol. The molecule has 0 radical (unpaired) electrons. The average Bonchev–Trinajstić information content (AvgIpc) is 3.32. The number of nitrogens with one attached hydrogen (secondary N) is 2. The minimum Gasteiger partial charge on any atom is -0.496 e. The summed E-state index contributed by atoms with van der Waals surface area (Å²) in [6, 6.07) is 21.6. The Kier molecular flexibility index (Phi) is 6.40. The van der Waals surface area contributed by atoms with Crippen LogP contribution in [0.15, 0.2) is 72.8 Å². The number of carbonyl (C=O) groups excluding carboxylic acids is 2. The maximum Gasteiger partial charge on any atom is 0.269 e. The summed E-state index contributed by atoms with van der Waals surface area (Å²) in [5, 5.41) is 12.5. The fourth-order valence-electron chi connectivity index (χ4n) is 3.16. The second-order valence-corrected chi connectivity index (χ2v) is 7.30. The van der Waals surface area contributed by atoms with E-state index in [1.165, 1.54) is 11.9 Å². The maximum absolute atomic E-state index is 12.4. The molecule has 9 nitrogen and oxygen atoms in total. The van der Waals surface area contributed by atoms with Gasteiger partial charge in [-0.15, -0.1) is 10.2 Å². The lowest BCUT2D eigenvalue weighted by Crippen LogP contribution is -2.41. The predicted octanol–water partition coefficient (Wildman–Crippen LogP) is 2.78. The van der Waals surface area contributed by atoms with Crippen LogP contribution in [0.5, 0.6) is 5.75 Å². The first kappa shape index (κ1) is 21.7. The smallest absolute Gasteiger partial charge is 0.269 e. The number of nitrogens with zero attached hydrogens (tertiary/aromatic N) is 4. The third kappa shape index (κ3) is 5.21. The van der Waals surface area contributed by atoms with Gasteiger partial charge in [0.2, 0.25) is 5.82 Å². The molecule has 33 heavy (non-hydrogen) atoms. The van der Waals surface area contributed by atoms with E-state index in [1.807, 2.05) is 37.3 Å². The molecule has 0 spiro atoms. The number of hydrazine groups is 1. The Hall–Kier alpha value is -4.53. The van der Waals surface area contributed by atoms with E-state index in [0.29, 0.717) is 29.2 Å². The van der Waals surface area contributed by atoms with Crippen molar-refractivity contribution in [2.75, 3.05) is 7.11 Å². The molecule has 2 N–H and O–H groups in total. The van der Waals surface area contributed by atoms with E-state index in [0.717, 1.165) is 16.7 Å². The number of aromatic nitrogens is 4. The first-order valence-electron chi connectivity index (χ1n) is 10.2. The van der Waals surface area contributed by atoms with E-state index in [9.17, 15) is 9.59 Å². The number of carbonyl (C=O) groups is 2. The fraction of sp³-hybridized carbons (Fsp3) is 0.125. The van der Waals surface area contributed by atoms with E-state index >= 15 is 0 Å². The molecular formula is C24H22N6O3. The molecule has 9 heteroatoms. The van der Waals surface area contributed by atoms with Crippen LogP contribution in [0.25, 0.3) is 11.4 Å². The maximum atomic E-state index is 12.4. The molecule has 4 rings (SSSR count). The van der Waals surface area contributed by atoms with Gasteiger partial charge < -0.3 is 4.74 Å². The van der Waals surface area contributed by atoms with Crippen LogP contribution in [0.2, 0.25) is 0 Å². The lowest BCUT2D eigenvalue weighted by molar-refractivity contribution is 0.0846. The molecule has 4 aromatic rings. The zero-order valence-corrected chi connectivity index (χ0v) is 18.1. The number of ether oxygens (including phenoxy) is 1. The van der Waals surface area contributed by atoms with E-state index in [2.05, 4.69) is 26.3 Å². The first-order chi connectivity index (χ1) is 16.0. The van der Waals surface area contributed by atoms with Crippen molar-refractivity contribution in [2.45, 2.75) is 13.5 Å². The number of tetrazole rings is 1. The Bertz CT molecular complexity index is 1270. The Balaban J connectivity index is 1.34. The molecule has 2 amide bonds. The van der Waals surface area contributed by atoms with Crippen LogP contribution in [-0.2, 0) is 6.54 Å². The monoisotopic (exact) mass is 442 g/mol. The highest BCUT2D eigenvalue weighted by molar-refractivity contribution is 5.99. The van der Waals surface area contributed by atoms with Crippen LogP contribution < -0.4 is 15.6 Å². The number of methoxy groups -OCH3 is 1. The molecule has 0 saturated carbocycles. The largest absolute Gasteiger partial charge is 0.496 e. The van der Waals surface area contributed by atoms with Gasteiger partial charge in [-0.05, 0) is 47.5 Å². The Labute approximate surface area is 190 Å². The fourth-order valence-corrected chi connectivity index (χ4v) is 3.16. The number of amides is 2. The molecule has 3 aromatic carbocycles. The van der Waals surface area contributed by atoms with Crippen LogP contribution in [0, 0.1) is 6.92 Å². The van der Waals surface area contributed by atoms with Gasteiger partial charge in [-0.1, -0.05) is 48.5 Å². The van der Waals surface area contributed by atoms with Crippen LogP contribution in [-0.4, -0.2) is 39.1 Å². The number of benzene rings is 3. The van der Waals surface area contributed by atoms with E-state index in [1.54, 1.807) is 42.5 Å². The summed E-state index contributed by atoms with van der Waals surface area (Å²) in [5.74, 6) is 0.278. The molecule has 0 aliphatic heterocycles. The number of rotatable bonds is 6. The van der Waals surface area contributed by atoms with Crippen molar-refractivity contribution in [3.8, 4) is 17.1 Å². The summed E-state index contributed by atoms with van der Waals surface area (Å²) in [6.07, 6.45) is 0. The highest BCUT2D eigenvalue weighted by Gasteiger charge is 2.12. The SMILES string of the molecule is COc1cc(C(=O)NNC(=O)c2ccc(Cn3nnc(-c4ccccc4)n3)cc2)ccc1C. The Morgan fingerprint density at radius 1 is 0.909 bits per heavy atom. The van der Waals surface area contributed by atoms with Crippen molar-refractivity contribution in [3.05, 3.63) is 95.1 Å².